The number of carboxylic acids is 1. The molecule has 0 amide bonds. The smallest absolute Gasteiger partial charge is 0.437 e. The largest absolute Gasteiger partial charge is 0.479 e. The fourth-order valence-electron chi connectivity index (χ4n) is 0.403. The van der Waals surface area contributed by atoms with Crippen LogP contribution in [0, 0.1) is 0 Å². The van der Waals surface area contributed by atoms with Gasteiger partial charge in [-0.3, -0.25) is 0 Å². The van der Waals surface area contributed by atoms with E-state index in [-0.39, 0.29) is 38.2 Å². The molecule has 0 spiro atoms. The van der Waals surface area contributed by atoms with Crippen LogP contribution in [0.4, 0.5) is 26.3 Å². The van der Waals surface area contributed by atoms with Crippen molar-refractivity contribution in [2.75, 3.05) is 0 Å². The zero-order valence-electron chi connectivity index (χ0n) is 6.65. The Balaban J connectivity index is -0.000000720. The monoisotopic (exact) mass is 319 g/mol. The van der Waals surface area contributed by atoms with Crippen molar-refractivity contribution in [2.45, 2.75) is 18.0 Å². The second-order valence-corrected chi connectivity index (χ2v) is 2.01. The molecule has 0 atom stereocenters. The molecule has 0 aromatic rings. The van der Waals surface area contributed by atoms with Crippen molar-refractivity contribution < 1.29 is 79.5 Å². The molecule has 11 heteroatoms. The van der Waals surface area contributed by atoms with Crippen molar-refractivity contribution >= 4 is 5.97 Å². The van der Waals surface area contributed by atoms with Crippen LogP contribution in [0.5, 0.6) is 0 Å². The maximum atomic E-state index is 11.5. The van der Waals surface area contributed by atoms with Crippen molar-refractivity contribution in [3.8, 4) is 0 Å². The molecule has 0 aromatic carbocycles. The first kappa shape index (κ1) is 20.5. The van der Waals surface area contributed by atoms with E-state index in [1.807, 2.05) is 0 Å². The number of hydrogen-bond donors (Lipinski definition) is 2. The number of rotatable bonds is 1. The van der Waals surface area contributed by atoms with Crippen LogP contribution in [-0.4, -0.2) is 39.6 Å². The molecule has 0 aliphatic heterocycles. The van der Waals surface area contributed by atoms with Crippen LogP contribution in [0.2, 0.25) is 0 Å². The van der Waals surface area contributed by atoms with Crippen LogP contribution in [0.3, 0.4) is 0 Å². The van der Waals surface area contributed by atoms with E-state index < -0.39 is 23.9 Å². The molecule has 0 aliphatic carbocycles. The van der Waals surface area contributed by atoms with Crippen molar-refractivity contribution in [3.63, 3.8) is 0 Å². The third-order valence-corrected chi connectivity index (χ3v) is 1.13. The van der Waals surface area contributed by atoms with Gasteiger partial charge in [-0.1, -0.05) is 0 Å². The Labute approximate surface area is 103 Å². The average Bonchev–Trinajstić information content (AvgIpc) is 1.80. The number of carbonyl (C=O) groups is 1. The first-order valence-electron chi connectivity index (χ1n) is 2.54. The molecule has 0 saturated heterocycles. The van der Waals surface area contributed by atoms with Crippen molar-refractivity contribution in [3.05, 3.63) is 0 Å². The van der Waals surface area contributed by atoms with Gasteiger partial charge in [-0.05, 0) is 0 Å². The van der Waals surface area contributed by atoms with Gasteiger partial charge in [-0.2, -0.15) is 26.3 Å². The Morgan fingerprint density at radius 2 is 1.13 bits per heavy atom. The molecule has 0 aliphatic rings. The quantitative estimate of drug-likeness (QED) is 0.672. The Morgan fingerprint density at radius 3 is 1.13 bits per heavy atom. The summed E-state index contributed by atoms with van der Waals surface area (Å²) >= 11 is 0. The van der Waals surface area contributed by atoms with Gasteiger partial charge >= 0.3 is 23.9 Å². The van der Waals surface area contributed by atoms with Gasteiger partial charge in [0.15, 0.2) is 0 Å². The average molecular weight is 319 g/mol. The second-order valence-electron chi connectivity index (χ2n) is 2.01. The Kier molecular flexibility index (Phi) is 7.40. The first-order chi connectivity index (χ1) is 5.44. The molecule has 0 saturated carbocycles. The van der Waals surface area contributed by atoms with Crippen molar-refractivity contribution in [1.82, 2.24) is 0 Å². The Bertz CT molecular complexity index is 208. The van der Waals surface area contributed by atoms with Crippen LogP contribution in [0.15, 0.2) is 0 Å². The molecule has 0 aromatic heterocycles. The molecule has 4 N–H and O–H groups in total. The van der Waals surface area contributed by atoms with Gasteiger partial charge in [-0.25, -0.2) is 4.79 Å². The molecule has 0 bridgehead atoms. The summed E-state index contributed by atoms with van der Waals surface area (Å²) in [5.41, 5.74) is -5.71. The molecular weight excluding hydrogens is 315 g/mol. The number of halogens is 6. The fourth-order valence-corrected chi connectivity index (χ4v) is 0.403. The molecule has 0 unspecified atom stereocenters. The maximum absolute atomic E-state index is 11.5. The van der Waals surface area contributed by atoms with E-state index in [0.29, 0.717) is 0 Å². The van der Waals surface area contributed by atoms with Crippen LogP contribution < -0.4 is 0 Å². The van der Waals surface area contributed by atoms with Gasteiger partial charge in [-0.15, -0.1) is 0 Å². The molecule has 1 radical (unpaired) electrons. The van der Waals surface area contributed by atoms with E-state index >= 15 is 0 Å². The van der Waals surface area contributed by atoms with Gasteiger partial charge in [0.1, 0.15) is 0 Å². The minimum Gasteiger partial charge on any atom is -0.479 e. The summed E-state index contributed by atoms with van der Waals surface area (Å²) in [6.45, 7) is 0. The normalized spacial score (nSPS) is 12.5. The molecular formula is C4H4F6O4Y. The number of carboxylic acid groups (broad SMARTS) is 1. The first-order valence-corrected chi connectivity index (χ1v) is 2.54. The van der Waals surface area contributed by atoms with Crippen molar-refractivity contribution in [1.29, 1.82) is 0 Å². The summed E-state index contributed by atoms with van der Waals surface area (Å²) in [6.07, 6.45) is -12.6. The second kappa shape index (κ2) is 5.42. The number of aliphatic carboxylic acids is 1. The summed E-state index contributed by atoms with van der Waals surface area (Å²) in [7, 11) is 0. The summed E-state index contributed by atoms with van der Waals surface area (Å²) in [5, 5.41) is 15.5. The minimum absolute atomic E-state index is 0. The molecule has 15 heavy (non-hydrogen) atoms. The van der Waals surface area contributed by atoms with Crippen LogP contribution in [0.1, 0.15) is 0 Å². The third kappa shape index (κ3) is 3.54. The standard InChI is InChI=1S/C4H2F6O3.H2O.Y/c5-3(6,7)2(13,1(11)12)4(8,9)10;;/h13H,(H,11,12);1H2;. The Morgan fingerprint density at radius 1 is 0.933 bits per heavy atom. The molecule has 4 nitrogen and oxygen atoms in total. The third-order valence-electron chi connectivity index (χ3n) is 1.13. The van der Waals surface area contributed by atoms with Gasteiger partial charge in [0, 0.05) is 32.7 Å². The van der Waals surface area contributed by atoms with Gasteiger partial charge in [0.05, 0.1) is 0 Å². The van der Waals surface area contributed by atoms with Gasteiger partial charge < -0.3 is 15.7 Å². The summed E-state index contributed by atoms with van der Waals surface area (Å²) in [4.78, 5) is 9.62. The predicted molar refractivity (Wildman–Crippen MR) is 28.3 cm³/mol. The predicted octanol–water partition coefficient (Wildman–Crippen LogP) is 0.0995. The number of alkyl halides is 6. The topological polar surface area (TPSA) is 89.0 Å². The molecule has 0 rings (SSSR count). The fraction of sp³-hybridized carbons (Fsp3) is 0.750. The zero-order chi connectivity index (χ0) is 11.1. The zero-order valence-corrected chi connectivity index (χ0v) is 9.49. The van der Waals surface area contributed by atoms with E-state index in [0.717, 1.165) is 0 Å². The molecule has 0 fully saturated rings. The van der Waals surface area contributed by atoms with E-state index in [9.17, 15) is 31.1 Å². The SMILES string of the molecule is O.O=C(O)C(O)(C(F)(F)F)C(F)(F)F.[Y]. The van der Waals surface area contributed by atoms with Crippen LogP contribution in [-0.2, 0) is 37.5 Å². The summed E-state index contributed by atoms with van der Waals surface area (Å²) < 4.78 is 69.0. The Hall–Kier alpha value is 0.0739. The van der Waals surface area contributed by atoms with E-state index in [1.165, 1.54) is 0 Å². The molecule has 0 heterocycles. The van der Waals surface area contributed by atoms with Crippen LogP contribution >= 0.6 is 0 Å². The van der Waals surface area contributed by atoms with Gasteiger partial charge in [0.2, 0.25) is 0 Å². The number of hydrogen-bond acceptors (Lipinski definition) is 2. The van der Waals surface area contributed by atoms with E-state index in [1.54, 1.807) is 0 Å². The summed E-state index contributed by atoms with van der Waals surface area (Å²) in [6, 6.07) is 0. The van der Waals surface area contributed by atoms with E-state index in [2.05, 4.69) is 0 Å². The van der Waals surface area contributed by atoms with Gasteiger partial charge in [0.25, 0.3) is 0 Å². The maximum Gasteiger partial charge on any atom is 0.437 e. The summed E-state index contributed by atoms with van der Waals surface area (Å²) in [5.74, 6) is -3.41. The minimum atomic E-state index is -6.31. The number of aliphatic hydroxyl groups is 1. The molecule has 89 valence electrons. The van der Waals surface area contributed by atoms with Crippen molar-refractivity contribution in [2.24, 2.45) is 0 Å². The van der Waals surface area contributed by atoms with Crippen LogP contribution in [0.25, 0.3) is 0 Å². The van der Waals surface area contributed by atoms with E-state index in [4.69, 9.17) is 10.2 Å².